The van der Waals surface area contributed by atoms with E-state index < -0.39 is 0 Å². The minimum absolute atomic E-state index is 0.117. The molecule has 0 aliphatic carbocycles. The van der Waals surface area contributed by atoms with Crippen molar-refractivity contribution < 1.29 is 9.53 Å². The first-order valence-corrected chi connectivity index (χ1v) is 9.52. The summed E-state index contributed by atoms with van der Waals surface area (Å²) in [6.45, 7) is 7.19. The van der Waals surface area contributed by atoms with Crippen LogP contribution in [0.25, 0.3) is 0 Å². The second-order valence-electron chi connectivity index (χ2n) is 6.64. The van der Waals surface area contributed by atoms with Crippen LogP contribution in [0.1, 0.15) is 91.4 Å². The van der Waals surface area contributed by atoms with Gasteiger partial charge in [0.2, 0.25) is 0 Å². The molecular weight excluding hydrogens is 274 g/mol. The molecule has 0 aromatic heterocycles. The molecule has 3 heteroatoms. The van der Waals surface area contributed by atoms with Gasteiger partial charge in [0.25, 0.3) is 0 Å². The summed E-state index contributed by atoms with van der Waals surface area (Å²) in [7, 11) is 0. The van der Waals surface area contributed by atoms with Crippen molar-refractivity contribution >= 4 is 5.97 Å². The van der Waals surface area contributed by atoms with Gasteiger partial charge in [-0.1, -0.05) is 78.1 Å². The lowest BCUT2D eigenvalue weighted by Gasteiger charge is -2.18. The smallest absolute Gasteiger partial charge is 0.310 e. The fraction of sp³-hybridized carbons (Fsp3) is 0.947. The van der Waals surface area contributed by atoms with E-state index >= 15 is 0 Å². The zero-order valence-electron chi connectivity index (χ0n) is 15.2. The average Bonchev–Trinajstić information content (AvgIpc) is 2.51. The van der Waals surface area contributed by atoms with Gasteiger partial charge in [-0.2, -0.15) is 0 Å². The van der Waals surface area contributed by atoms with Gasteiger partial charge in [-0.05, 0) is 19.3 Å². The van der Waals surface area contributed by atoms with Crippen LogP contribution in [0, 0.1) is 11.8 Å². The normalized spacial score (nSPS) is 13.8. The maximum absolute atomic E-state index is 11.7. The van der Waals surface area contributed by atoms with Crippen LogP contribution in [0.5, 0.6) is 0 Å². The van der Waals surface area contributed by atoms with Gasteiger partial charge in [-0.3, -0.25) is 4.79 Å². The van der Waals surface area contributed by atoms with E-state index in [0.29, 0.717) is 19.1 Å². The lowest BCUT2D eigenvalue weighted by atomic mass is 9.91. The monoisotopic (exact) mass is 313 g/mol. The molecule has 0 aliphatic heterocycles. The van der Waals surface area contributed by atoms with E-state index in [0.717, 1.165) is 6.42 Å². The summed E-state index contributed by atoms with van der Waals surface area (Å²) in [5.41, 5.74) is 5.70. The largest absolute Gasteiger partial charge is 0.466 e. The van der Waals surface area contributed by atoms with E-state index in [2.05, 4.69) is 13.8 Å². The molecular formula is C19H39NO2. The second-order valence-corrected chi connectivity index (χ2v) is 6.64. The topological polar surface area (TPSA) is 52.3 Å². The third-order valence-corrected chi connectivity index (χ3v) is 4.39. The molecule has 2 atom stereocenters. The molecule has 22 heavy (non-hydrogen) atoms. The van der Waals surface area contributed by atoms with Crippen molar-refractivity contribution in [1.29, 1.82) is 0 Å². The van der Waals surface area contributed by atoms with Crippen LogP contribution >= 0.6 is 0 Å². The van der Waals surface area contributed by atoms with Crippen molar-refractivity contribution in [3.05, 3.63) is 0 Å². The summed E-state index contributed by atoms with van der Waals surface area (Å²) in [5.74, 6) is 0.319. The Hall–Kier alpha value is -0.570. The predicted molar refractivity (Wildman–Crippen MR) is 94.8 cm³/mol. The first kappa shape index (κ1) is 21.4. The summed E-state index contributed by atoms with van der Waals surface area (Å²) in [6, 6.07) is 0. The van der Waals surface area contributed by atoms with Crippen LogP contribution in [0.2, 0.25) is 0 Å². The van der Waals surface area contributed by atoms with Gasteiger partial charge in [-0.25, -0.2) is 0 Å². The minimum atomic E-state index is -0.121. The SMILES string of the molecule is CCCCCCCCCCC[C@@H](C)C[C@H](CN)C(=O)OCC. The van der Waals surface area contributed by atoms with Crippen molar-refractivity contribution in [2.24, 2.45) is 17.6 Å². The van der Waals surface area contributed by atoms with E-state index in [-0.39, 0.29) is 11.9 Å². The van der Waals surface area contributed by atoms with Crippen molar-refractivity contribution in [2.75, 3.05) is 13.2 Å². The minimum Gasteiger partial charge on any atom is -0.466 e. The van der Waals surface area contributed by atoms with Gasteiger partial charge in [0.1, 0.15) is 0 Å². The van der Waals surface area contributed by atoms with Crippen LogP contribution in [0.3, 0.4) is 0 Å². The van der Waals surface area contributed by atoms with Crippen LogP contribution in [0.15, 0.2) is 0 Å². The van der Waals surface area contributed by atoms with Crippen molar-refractivity contribution in [3.8, 4) is 0 Å². The first-order chi connectivity index (χ1) is 10.7. The molecule has 0 radical (unpaired) electrons. The highest BCUT2D eigenvalue weighted by Crippen LogP contribution is 2.20. The molecule has 0 spiro atoms. The van der Waals surface area contributed by atoms with E-state index in [1.807, 2.05) is 6.92 Å². The van der Waals surface area contributed by atoms with Crippen LogP contribution in [-0.4, -0.2) is 19.1 Å². The summed E-state index contributed by atoms with van der Waals surface area (Å²) < 4.78 is 5.07. The Morgan fingerprint density at radius 2 is 1.50 bits per heavy atom. The number of rotatable bonds is 15. The quantitative estimate of drug-likeness (QED) is 0.339. The Kier molecular flexibility index (Phi) is 14.9. The molecule has 0 aromatic rings. The fourth-order valence-corrected chi connectivity index (χ4v) is 2.96. The highest BCUT2D eigenvalue weighted by atomic mass is 16.5. The average molecular weight is 314 g/mol. The molecule has 0 heterocycles. The number of ether oxygens (including phenoxy) is 1. The molecule has 2 N–H and O–H groups in total. The van der Waals surface area contributed by atoms with E-state index in [1.165, 1.54) is 64.2 Å². The Morgan fingerprint density at radius 3 is 2.00 bits per heavy atom. The van der Waals surface area contributed by atoms with Gasteiger partial charge >= 0.3 is 5.97 Å². The van der Waals surface area contributed by atoms with Gasteiger partial charge in [0.15, 0.2) is 0 Å². The number of unbranched alkanes of at least 4 members (excludes halogenated alkanes) is 8. The highest BCUT2D eigenvalue weighted by molar-refractivity contribution is 5.72. The van der Waals surface area contributed by atoms with E-state index in [9.17, 15) is 4.79 Å². The number of nitrogens with two attached hydrogens (primary N) is 1. The van der Waals surface area contributed by atoms with E-state index in [1.54, 1.807) is 0 Å². The Balaban J connectivity index is 3.55. The molecule has 132 valence electrons. The summed E-state index contributed by atoms with van der Waals surface area (Å²) in [4.78, 5) is 11.7. The summed E-state index contributed by atoms with van der Waals surface area (Å²) in [6.07, 6.45) is 14.3. The fourth-order valence-electron chi connectivity index (χ4n) is 2.96. The lowest BCUT2D eigenvalue weighted by Crippen LogP contribution is -2.27. The molecule has 0 saturated carbocycles. The van der Waals surface area contributed by atoms with Crippen molar-refractivity contribution in [3.63, 3.8) is 0 Å². The van der Waals surface area contributed by atoms with Gasteiger partial charge in [0.05, 0.1) is 12.5 Å². The van der Waals surface area contributed by atoms with Gasteiger partial charge < -0.3 is 10.5 Å². The van der Waals surface area contributed by atoms with Crippen LogP contribution in [0.4, 0.5) is 0 Å². The van der Waals surface area contributed by atoms with Crippen LogP contribution in [-0.2, 0) is 9.53 Å². The third kappa shape index (κ3) is 12.0. The first-order valence-electron chi connectivity index (χ1n) is 9.52. The van der Waals surface area contributed by atoms with Crippen molar-refractivity contribution in [1.82, 2.24) is 0 Å². The Labute approximate surface area is 138 Å². The summed E-state index contributed by atoms with van der Waals surface area (Å²) in [5, 5.41) is 0. The number of hydrogen-bond donors (Lipinski definition) is 1. The molecule has 0 bridgehead atoms. The van der Waals surface area contributed by atoms with Crippen LogP contribution < -0.4 is 5.73 Å². The predicted octanol–water partition coefficient (Wildman–Crippen LogP) is 5.07. The molecule has 0 unspecified atom stereocenters. The maximum atomic E-state index is 11.7. The van der Waals surface area contributed by atoms with Gasteiger partial charge in [-0.15, -0.1) is 0 Å². The second kappa shape index (κ2) is 15.3. The molecule has 0 rings (SSSR count). The Morgan fingerprint density at radius 1 is 0.955 bits per heavy atom. The van der Waals surface area contributed by atoms with Gasteiger partial charge in [0, 0.05) is 6.54 Å². The molecule has 0 aromatic carbocycles. The highest BCUT2D eigenvalue weighted by Gasteiger charge is 2.20. The zero-order valence-corrected chi connectivity index (χ0v) is 15.2. The standard InChI is InChI=1S/C19H39NO2/c1-4-6-7-8-9-10-11-12-13-14-17(3)15-18(16-20)19(21)22-5-2/h17-18H,4-16,20H2,1-3H3/t17-,18-/m1/s1. The molecule has 0 saturated heterocycles. The zero-order chi connectivity index (χ0) is 16.6. The Bertz CT molecular complexity index is 256. The number of carbonyl (C=O) groups is 1. The van der Waals surface area contributed by atoms with Crippen molar-refractivity contribution in [2.45, 2.75) is 91.4 Å². The lowest BCUT2D eigenvalue weighted by molar-refractivity contribution is -0.148. The molecule has 0 fully saturated rings. The number of hydrogen-bond acceptors (Lipinski definition) is 3. The molecule has 3 nitrogen and oxygen atoms in total. The number of esters is 1. The maximum Gasteiger partial charge on any atom is 0.310 e. The van der Waals surface area contributed by atoms with E-state index in [4.69, 9.17) is 10.5 Å². The number of carbonyl (C=O) groups excluding carboxylic acids is 1. The molecule has 0 amide bonds. The third-order valence-electron chi connectivity index (χ3n) is 4.39. The molecule has 0 aliphatic rings. The summed E-state index contributed by atoms with van der Waals surface area (Å²) >= 11 is 0.